The fourth-order valence-electron chi connectivity index (χ4n) is 7.35. The topological polar surface area (TPSA) is 42.4 Å². The highest BCUT2D eigenvalue weighted by Crippen LogP contribution is 2.42. The SMILES string of the molecule is [C-]#[N+]c1ccc2c(c1)c1cc(C#N)ccc1n2-c1c([N+]#[C-])cccc1-c1ccc(-c2cccc(-n3c4ccccc4c4ccccc43)c2)cc1. The van der Waals surface area contributed by atoms with Crippen molar-refractivity contribution < 1.29 is 0 Å². The van der Waals surface area contributed by atoms with Crippen molar-refractivity contribution in [3.8, 4) is 39.7 Å². The summed E-state index contributed by atoms with van der Waals surface area (Å²) in [5, 5.41) is 13.9. The third kappa shape index (κ3) is 4.38. The molecule has 0 radical (unpaired) electrons. The van der Waals surface area contributed by atoms with Gasteiger partial charge in [-0.2, -0.15) is 5.26 Å². The molecular weight excluding hydrogens is 611 g/mol. The number of rotatable bonds is 4. The van der Waals surface area contributed by atoms with Crippen LogP contribution in [0, 0.1) is 24.5 Å². The van der Waals surface area contributed by atoms with Crippen molar-refractivity contribution in [2.75, 3.05) is 0 Å². The lowest BCUT2D eigenvalue weighted by molar-refractivity contribution is 1.18. The molecule has 230 valence electrons. The van der Waals surface area contributed by atoms with Gasteiger partial charge in [-0.15, -0.1) is 0 Å². The Hall–Kier alpha value is -7.39. The van der Waals surface area contributed by atoms with Gasteiger partial charge in [0.1, 0.15) is 0 Å². The maximum atomic E-state index is 9.67. The Morgan fingerprint density at radius 3 is 1.82 bits per heavy atom. The van der Waals surface area contributed by atoms with Gasteiger partial charge in [-0.3, -0.25) is 0 Å². The molecule has 9 rings (SSSR count). The van der Waals surface area contributed by atoms with E-state index >= 15 is 0 Å². The predicted octanol–water partition coefficient (Wildman–Crippen LogP) is 12.2. The largest absolute Gasteiger partial charge is 0.318 e. The van der Waals surface area contributed by atoms with Crippen molar-refractivity contribution in [2.24, 2.45) is 0 Å². The second kappa shape index (κ2) is 11.4. The van der Waals surface area contributed by atoms with E-state index in [4.69, 9.17) is 13.1 Å². The van der Waals surface area contributed by atoms with Crippen LogP contribution in [0.15, 0.2) is 152 Å². The molecular formula is C45H25N5. The Morgan fingerprint density at radius 2 is 1.12 bits per heavy atom. The molecule has 0 amide bonds. The Bertz CT molecular complexity index is 2830. The second-order valence-electron chi connectivity index (χ2n) is 12.3. The van der Waals surface area contributed by atoms with E-state index < -0.39 is 0 Å². The van der Waals surface area contributed by atoms with Gasteiger partial charge in [0.15, 0.2) is 5.69 Å². The zero-order valence-corrected chi connectivity index (χ0v) is 26.7. The first-order chi connectivity index (χ1) is 24.7. The van der Waals surface area contributed by atoms with Crippen LogP contribution in [0.25, 0.3) is 86.9 Å². The van der Waals surface area contributed by atoms with Gasteiger partial charge in [-0.25, -0.2) is 9.69 Å². The summed E-state index contributed by atoms with van der Waals surface area (Å²) in [5.74, 6) is 0. The standard InChI is InChI=1S/C45H25N5/c1-47-33-22-24-44-39(27-33)38-25-29(28-46)17-23-43(38)50(44)45-35(13-8-14-40(45)48-2)31-20-18-30(19-21-31)32-9-7-10-34(26-32)49-41-15-5-3-11-36(41)37-12-4-6-16-42(37)49/h3-27H. The molecule has 0 spiro atoms. The number of hydrogen-bond donors (Lipinski definition) is 0. The minimum atomic E-state index is 0.517. The minimum absolute atomic E-state index is 0.517. The van der Waals surface area contributed by atoms with Crippen molar-refractivity contribution in [3.63, 3.8) is 0 Å². The van der Waals surface area contributed by atoms with Crippen molar-refractivity contribution in [1.29, 1.82) is 5.26 Å². The van der Waals surface area contributed by atoms with Crippen molar-refractivity contribution >= 4 is 55.0 Å². The van der Waals surface area contributed by atoms with E-state index in [1.165, 1.54) is 21.8 Å². The molecule has 9 aromatic rings. The molecule has 5 heteroatoms. The van der Waals surface area contributed by atoms with Crippen LogP contribution in [-0.2, 0) is 0 Å². The lowest BCUT2D eigenvalue weighted by Crippen LogP contribution is -1.98. The average molecular weight is 636 g/mol. The molecule has 5 nitrogen and oxygen atoms in total. The Morgan fingerprint density at radius 1 is 0.480 bits per heavy atom. The molecule has 0 aliphatic carbocycles. The minimum Gasteiger partial charge on any atom is -0.318 e. The number of fused-ring (bicyclic) bond motifs is 6. The van der Waals surface area contributed by atoms with Gasteiger partial charge in [-0.1, -0.05) is 97.1 Å². The fraction of sp³-hybridized carbons (Fsp3) is 0. The molecule has 7 aromatic carbocycles. The highest BCUT2D eigenvalue weighted by Gasteiger charge is 2.20. The summed E-state index contributed by atoms with van der Waals surface area (Å²) >= 11 is 0. The number of nitriles is 1. The molecule has 0 aliphatic heterocycles. The quantitative estimate of drug-likeness (QED) is 0.177. The smallest absolute Gasteiger partial charge is 0.211 e. The Labute approximate surface area is 288 Å². The molecule has 0 saturated carbocycles. The van der Waals surface area contributed by atoms with E-state index in [1.807, 2.05) is 36.4 Å². The van der Waals surface area contributed by atoms with Gasteiger partial charge in [-0.05, 0) is 82.2 Å². The Balaban J connectivity index is 1.18. The van der Waals surface area contributed by atoms with Crippen molar-refractivity contribution in [3.05, 3.63) is 180 Å². The molecule has 0 bridgehead atoms. The highest BCUT2D eigenvalue weighted by molar-refractivity contribution is 6.12. The average Bonchev–Trinajstić information content (AvgIpc) is 3.69. The third-order valence-electron chi connectivity index (χ3n) is 9.58. The van der Waals surface area contributed by atoms with E-state index in [0.29, 0.717) is 16.9 Å². The van der Waals surface area contributed by atoms with Gasteiger partial charge >= 0.3 is 0 Å². The molecule has 2 heterocycles. The molecule has 0 N–H and O–H groups in total. The molecule has 0 saturated heterocycles. The summed E-state index contributed by atoms with van der Waals surface area (Å²) in [6.07, 6.45) is 0. The number of aromatic nitrogens is 2. The summed E-state index contributed by atoms with van der Waals surface area (Å²) in [4.78, 5) is 7.62. The van der Waals surface area contributed by atoms with E-state index in [0.717, 1.165) is 55.4 Å². The first kappa shape index (κ1) is 28.8. The van der Waals surface area contributed by atoms with E-state index in [-0.39, 0.29) is 0 Å². The van der Waals surface area contributed by atoms with Gasteiger partial charge in [0.2, 0.25) is 5.69 Å². The van der Waals surface area contributed by atoms with Gasteiger partial charge in [0.25, 0.3) is 0 Å². The maximum absolute atomic E-state index is 9.67. The van der Waals surface area contributed by atoms with E-state index in [9.17, 15) is 5.26 Å². The lowest BCUT2D eigenvalue weighted by Gasteiger charge is -2.16. The highest BCUT2D eigenvalue weighted by atomic mass is 15.0. The van der Waals surface area contributed by atoms with Crippen molar-refractivity contribution in [1.82, 2.24) is 9.13 Å². The second-order valence-corrected chi connectivity index (χ2v) is 12.3. The number of para-hydroxylation sites is 3. The van der Waals surface area contributed by atoms with Crippen LogP contribution in [0.5, 0.6) is 0 Å². The monoisotopic (exact) mass is 635 g/mol. The van der Waals surface area contributed by atoms with E-state index in [2.05, 4.69) is 128 Å². The first-order valence-electron chi connectivity index (χ1n) is 16.2. The maximum Gasteiger partial charge on any atom is 0.211 e. The summed E-state index contributed by atoms with van der Waals surface area (Å²) < 4.78 is 4.43. The van der Waals surface area contributed by atoms with Gasteiger partial charge < -0.3 is 9.13 Å². The first-order valence-corrected chi connectivity index (χ1v) is 16.2. The molecule has 2 aromatic heterocycles. The van der Waals surface area contributed by atoms with Crippen LogP contribution in [0.1, 0.15) is 5.56 Å². The molecule has 0 aliphatic rings. The van der Waals surface area contributed by atoms with Crippen LogP contribution < -0.4 is 0 Å². The van der Waals surface area contributed by atoms with Crippen LogP contribution in [0.3, 0.4) is 0 Å². The van der Waals surface area contributed by atoms with Crippen molar-refractivity contribution in [2.45, 2.75) is 0 Å². The summed E-state index contributed by atoms with van der Waals surface area (Å²) in [7, 11) is 0. The van der Waals surface area contributed by atoms with Gasteiger partial charge in [0.05, 0.1) is 52.5 Å². The molecule has 50 heavy (non-hydrogen) atoms. The van der Waals surface area contributed by atoms with Crippen LogP contribution in [-0.4, -0.2) is 9.13 Å². The summed E-state index contributed by atoms with van der Waals surface area (Å²) in [6, 6.07) is 53.5. The van der Waals surface area contributed by atoms with Gasteiger partial charge in [0, 0.05) is 21.8 Å². The van der Waals surface area contributed by atoms with Crippen LogP contribution in [0.4, 0.5) is 11.4 Å². The van der Waals surface area contributed by atoms with Crippen LogP contribution in [0.2, 0.25) is 0 Å². The summed E-state index contributed by atoms with van der Waals surface area (Å²) in [6.45, 7) is 15.7. The fourth-order valence-corrected chi connectivity index (χ4v) is 7.35. The normalized spacial score (nSPS) is 11.1. The molecule has 0 fully saturated rings. The number of hydrogen-bond acceptors (Lipinski definition) is 1. The van der Waals surface area contributed by atoms with E-state index in [1.54, 1.807) is 12.1 Å². The number of benzene rings is 7. The molecule has 0 unspecified atom stereocenters. The number of nitrogens with zero attached hydrogens (tertiary/aromatic N) is 5. The predicted molar refractivity (Wildman–Crippen MR) is 203 cm³/mol. The summed E-state index contributed by atoms with van der Waals surface area (Å²) in [5.41, 5.74) is 11.6. The molecule has 0 atom stereocenters. The van der Waals surface area contributed by atoms with Crippen LogP contribution >= 0.6 is 0 Å². The zero-order valence-electron chi connectivity index (χ0n) is 26.7. The zero-order chi connectivity index (χ0) is 33.8. The Kier molecular flexibility index (Phi) is 6.56. The third-order valence-corrected chi connectivity index (χ3v) is 9.58. The lowest BCUT2D eigenvalue weighted by atomic mass is 9.98.